The predicted octanol–water partition coefficient (Wildman–Crippen LogP) is 26.1. The van der Waals surface area contributed by atoms with Crippen molar-refractivity contribution < 1.29 is 46.2 Å². The van der Waals surface area contributed by atoms with Crippen molar-refractivity contribution in [3.63, 3.8) is 0 Å². The van der Waals surface area contributed by atoms with E-state index >= 15 is 4.39 Å². The number of allylic oxidation sites excluding steroid dienone is 2. The first kappa shape index (κ1) is 86.6. The molecule has 0 amide bonds. The Kier molecular flexibility index (Phi) is 25.7. The number of ketones is 4. The van der Waals surface area contributed by atoms with Crippen molar-refractivity contribution in [2.75, 3.05) is 0 Å². The van der Waals surface area contributed by atoms with Gasteiger partial charge in [-0.15, -0.1) is 0 Å². The van der Waals surface area contributed by atoms with Gasteiger partial charge < -0.3 is 5.11 Å². The first-order valence-corrected chi connectivity index (χ1v) is 45.4. The average Bonchev–Trinajstić information content (AvgIpc) is 1.62. The van der Waals surface area contributed by atoms with Crippen LogP contribution in [0.4, 0.5) is 22.0 Å². The normalized spacial score (nSPS) is 25.8. The Labute approximate surface area is 740 Å². The number of hydrogen-bond donors (Lipinski definition) is 1. The van der Waals surface area contributed by atoms with Crippen molar-refractivity contribution in [3.8, 4) is 0 Å². The molecule has 12 aromatic rings. The summed E-state index contributed by atoms with van der Waals surface area (Å²) in [6, 6.07) is 52.8. The fourth-order valence-electron chi connectivity index (χ4n) is 23.2. The van der Waals surface area contributed by atoms with Gasteiger partial charge in [-0.05, 0) is 363 Å². The molecule has 638 valence electrons. The van der Waals surface area contributed by atoms with Crippen LogP contribution in [0.25, 0.3) is 49.2 Å². The Balaban J connectivity index is 0.000000117. The van der Waals surface area contributed by atoms with E-state index in [0.29, 0.717) is 136 Å². The number of aliphatic hydroxyl groups is 1. The van der Waals surface area contributed by atoms with Crippen LogP contribution in [0.3, 0.4) is 0 Å². The van der Waals surface area contributed by atoms with Crippen molar-refractivity contribution in [2.45, 2.75) is 184 Å². The van der Waals surface area contributed by atoms with Crippen molar-refractivity contribution >= 4 is 119 Å². The van der Waals surface area contributed by atoms with E-state index in [1.165, 1.54) is 35.4 Å². The minimum atomic E-state index is -1.41. The van der Waals surface area contributed by atoms with E-state index in [1.807, 2.05) is 79.0 Å². The number of carbonyl (C=O) groups excluding carboxylic acids is 4. The Bertz CT molecular complexity index is 5790. The van der Waals surface area contributed by atoms with E-state index < -0.39 is 11.3 Å². The van der Waals surface area contributed by atoms with Gasteiger partial charge in [-0.25, -0.2) is 22.0 Å². The number of nitrogens with zero attached hydrogens (tertiary/aromatic N) is 5. The molecule has 5 aromatic heterocycles. The quantitative estimate of drug-likeness (QED) is 0.0730. The second kappa shape index (κ2) is 36.8. The SMILES string of the molecule is CC(C)(C(=O)Cc1ccc(Cl)cc1)C1C[C@H]2CC(c3ccnc4ccc(F)cc34)C[C@H]2C1.O=C(Cc1ccc(Cl)cc1)CC1(F)C[C@H]2CC(c3ccnc4ccc(F)cc34)C[C@H]2C1.O=C(Cc1ccc(Cl)cc1)CC1(O)C[C@H]2CC(c3ccnc4ccc(F)cc34)C[C@H]2C1.O=C(Cc1ccc(Cl)cn1)C[C@@H]1C[C@@H]2CC(c3ccnc4ccc(F)cc34)=C[C@@H]2C1. The Morgan fingerprint density at radius 1 is 0.411 bits per heavy atom. The molecule has 124 heavy (non-hydrogen) atoms. The predicted molar refractivity (Wildman–Crippen MR) is 482 cm³/mol. The summed E-state index contributed by atoms with van der Waals surface area (Å²) in [5.74, 6) is 5.27. The van der Waals surface area contributed by atoms with Crippen molar-refractivity contribution in [3.05, 3.63) is 307 Å². The maximum Gasteiger partial charge on any atom is 0.143 e. The van der Waals surface area contributed by atoms with Gasteiger partial charge >= 0.3 is 0 Å². The van der Waals surface area contributed by atoms with E-state index in [0.717, 1.165) is 153 Å². The molecule has 6 unspecified atom stereocenters. The van der Waals surface area contributed by atoms with Gasteiger partial charge in [0.05, 0.1) is 32.7 Å². The number of aromatic nitrogens is 5. The number of alkyl halides is 1. The summed E-state index contributed by atoms with van der Waals surface area (Å²) in [6.07, 6.45) is 26.9. The van der Waals surface area contributed by atoms with E-state index in [2.05, 4.69) is 50.9 Å². The molecule has 15 atom stereocenters. The van der Waals surface area contributed by atoms with Crippen LogP contribution < -0.4 is 0 Å². The highest BCUT2D eigenvalue weighted by atomic mass is 35.5. The van der Waals surface area contributed by atoms with Gasteiger partial charge in [-0.3, -0.25) is 44.1 Å². The molecular weight excluding hydrogens is 1650 g/mol. The highest BCUT2D eigenvalue weighted by Crippen LogP contribution is 2.60. The highest BCUT2D eigenvalue weighted by Gasteiger charge is 2.53. The number of fused-ring (bicyclic) bond motifs is 8. The van der Waals surface area contributed by atoms with Gasteiger partial charge in [-0.2, -0.15) is 0 Å². The summed E-state index contributed by atoms with van der Waals surface area (Å²) >= 11 is 23.6. The number of rotatable bonds is 20. The molecule has 0 bridgehead atoms. The molecular formula is C105H100Cl4F5N5O5. The van der Waals surface area contributed by atoms with E-state index in [4.69, 9.17) is 46.4 Å². The van der Waals surface area contributed by atoms with Gasteiger partial charge in [0.2, 0.25) is 0 Å². The summed E-state index contributed by atoms with van der Waals surface area (Å²) < 4.78 is 70.9. The topological polar surface area (TPSA) is 153 Å². The van der Waals surface area contributed by atoms with Gasteiger partial charge in [-0.1, -0.05) is 103 Å². The lowest BCUT2D eigenvalue weighted by atomic mass is 9.71. The largest absolute Gasteiger partial charge is 0.389 e. The van der Waals surface area contributed by atoms with Crippen LogP contribution in [0.5, 0.6) is 0 Å². The maximum atomic E-state index is 15.6. The number of halogens is 9. The lowest BCUT2D eigenvalue weighted by molar-refractivity contribution is -0.129. The zero-order chi connectivity index (χ0) is 86.3. The number of Topliss-reactive ketones (excluding diaryl/α,β-unsaturated/α-hetero) is 4. The Morgan fingerprint density at radius 3 is 1.26 bits per heavy atom. The first-order chi connectivity index (χ1) is 59.6. The second-order valence-electron chi connectivity index (χ2n) is 37.7. The third kappa shape index (κ3) is 20.0. The molecule has 1 N–H and O–H groups in total. The fourth-order valence-corrected chi connectivity index (χ4v) is 23.7. The van der Waals surface area contributed by atoms with Crippen LogP contribution >= 0.6 is 46.4 Å². The van der Waals surface area contributed by atoms with Crippen LogP contribution in [0, 0.1) is 87.9 Å². The Hall–Kier alpha value is -9.48. The smallest absolute Gasteiger partial charge is 0.143 e. The Morgan fingerprint density at radius 2 is 0.815 bits per heavy atom. The molecule has 7 saturated carbocycles. The molecule has 0 radical (unpaired) electrons. The minimum absolute atomic E-state index is 0.0172. The summed E-state index contributed by atoms with van der Waals surface area (Å²) in [6.45, 7) is 4.27. The van der Waals surface area contributed by atoms with Crippen LogP contribution in [0.2, 0.25) is 20.1 Å². The molecule has 7 aromatic carbocycles. The molecule has 0 aliphatic heterocycles. The molecule has 10 nitrogen and oxygen atoms in total. The monoisotopic (exact) mass is 1750 g/mol. The first-order valence-electron chi connectivity index (χ1n) is 43.8. The second-order valence-corrected chi connectivity index (χ2v) is 39.4. The summed E-state index contributed by atoms with van der Waals surface area (Å²) in [5.41, 5.74) is 10.2. The molecule has 0 saturated heterocycles. The van der Waals surface area contributed by atoms with Gasteiger partial charge in [0.1, 0.15) is 52.1 Å². The molecule has 0 spiro atoms. The van der Waals surface area contributed by atoms with Gasteiger partial charge in [0.15, 0.2) is 0 Å². The molecule has 8 aliphatic rings. The fraction of sp³-hybridized carbons (Fsp3) is 0.381. The summed E-state index contributed by atoms with van der Waals surface area (Å²) in [4.78, 5) is 72.6. The third-order valence-corrected chi connectivity index (χ3v) is 29.9. The molecule has 19 heteroatoms. The van der Waals surface area contributed by atoms with Crippen molar-refractivity contribution in [1.29, 1.82) is 0 Å². The summed E-state index contributed by atoms with van der Waals surface area (Å²) in [7, 11) is 0. The summed E-state index contributed by atoms with van der Waals surface area (Å²) in [5, 5.41) is 17.3. The molecule has 20 rings (SSSR count). The van der Waals surface area contributed by atoms with Crippen LogP contribution in [-0.2, 0) is 44.9 Å². The van der Waals surface area contributed by atoms with E-state index in [-0.39, 0.29) is 83.0 Å². The molecule has 7 fully saturated rings. The lowest BCUT2D eigenvalue weighted by Crippen LogP contribution is -2.33. The zero-order valence-electron chi connectivity index (χ0n) is 69.6. The number of hydrogen-bond acceptors (Lipinski definition) is 10. The van der Waals surface area contributed by atoms with Gasteiger partial charge in [0, 0.05) is 124 Å². The zero-order valence-corrected chi connectivity index (χ0v) is 72.6. The number of benzene rings is 7. The molecule has 8 aliphatic carbocycles. The van der Waals surface area contributed by atoms with E-state index in [1.54, 1.807) is 104 Å². The minimum Gasteiger partial charge on any atom is -0.389 e. The average molecular weight is 1750 g/mol. The maximum absolute atomic E-state index is 15.6. The standard InChI is InChI=1S/C28H29ClFNO.C26H24ClF2NO.C26H25ClFNO2.C25H22ClFN2O/c1-28(2,27(32)11-17-3-5-22(29)6-4-17)21-14-18-12-20(13-19(18)15-21)24-9-10-31-26-8-7-23(30)16-25(24)26;27-20-3-1-16(2-4-20)9-22(31)15-26(29)13-18-10-17(11-19(18)14-26)23-7-8-30-25-6-5-21(28)12-24(23)25;27-20-3-1-16(2-4-20)9-22(30)15-26(31)13-18-10-17(11-19(18)14-26)23-7-8-29-25-6-5-21(28)12-24(23)25;26-19-1-3-21(29-14-19)13-22(30)9-15-7-16-10-18(11-17(16)8-15)23-5-6-28-25-4-2-20(27)12-24(23)25/h3-10,16,18-21H,11-15H2,1-2H3;1-8,12,17-19H,9-11,13-15H2;1-8,12,17-19,31H,9-11,13-15H2;1-6,10,12,14-17H,7-9,11,13H2/t18-,19+,20?,21?;2*17?,18-,19+,26?;15-,16-,17+/m...0/s1. The third-order valence-electron chi connectivity index (χ3n) is 28.9. The molecule has 5 heterocycles. The highest BCUT2D eigenvalue weighted by molar-refractivity contribution is 6.31. The van der Waals surface area contributed by atoms with Crippen molar-refractivity contribution in [1.82, 2.24) is 24.9 Å². The number of pyridine rings is 5. The van der Waals surface area contributed by atoms with E-state index in [9.17, 15) is 41.8 Å². The van der Waals surface area contributed by atoms with Crippen LogP contribution in [-0.4, -0.2) is 64.4 Å². The van der Waals surface area contributed by atoms with Gasteiger partial charge in [0.25, 0.3) is 0 Å². The number of carbonyl (C=O) groups is 4. The van der Waals surface area contributed by atoms with Crippen molar-refractivity contribution in [2.24, 2.45) is 64.6 Å². The van der Waals surface area contributed by atoms with Crippen LogP contribution in [0.1, 0.15) is 192 Å². The lowest BCUT2D eigenvalue weighted by Gasteiger charge is -2.31. The van der Waals surface area contributed by atoms with Crippen LogP contribution in [0.15, 0.2) is 219 Å².